The molecule has 0 N–H and O–H groups in total. The maximum Gasteiger partial charge on any atom is 0.254 e. The summed E-state index contributed by atoms with van der Waals surface area (Å²) in [6, 6.07) is 12.2. The molecule has 5 nitrogen and oxygen atoms in total. The standard InChI is InChI=1S/C21H19F2N3O2/c1-14-8-16(10-18(23)9-14)21(27)25-6-7-26-19(12-25)11-20(24-26)28-13-15-2-4-17(22)5-3-15/h2-5,8-11H,6-7,12-13H2,1H3. The summed E-state index contributed by atoms with van der Waals surface area (Å²) in [6.45, 7) is 3.44. The number of carbonyl (C=O) groups is 1. The van der Waals surface area contributed by atoms with Gasteiger partial charge in [-0.15, -0.1) is 5.10 Å². The summed E-state index contributed by atoms with van der Waals surface area (Å²) < 4.78 is 34.1. The van der Waals surface area contributed by atoms with Crippen LogP contribution in [-0.4, -0.2) is 27.1 Å². The number of aryl methyl sites for hydroxylation is 1. The van der Waals surface area contributed by atoms with Crippen LogP contribution >= 0.6 is 0 Å². The van der Waals surface area contributed by atoms with E-state index in [9.17, 15) is 13.6 Å². The van der Waals surface area contributed by atoms with Crippen molar-refractivity contribution in [2.45, 2.75) is 26.6 Å². The molecule has 0 unspecified atom stereocenters. The van der Waals surface area contributed by atoms with Gasteiger partial charge >= 0.3 is 0 Å². The summed E-state index contributed by atoms with van der Waals surface area (Å²) in [5.74, 6) is -0.458. The molecule has 0 bridgehead atoms. The Morgan fingerprint density at radius 2 is 1.86 bits per heavy atom. The second-order valence-electron chi connectivity index (χ2n) is 6.86. The molecule has 2 aromatic carbocycles. The number of hydrogen-bond donors (Lipinski definition) is 0. The zero-order chi connectivity index (χ0) is 19.7. The van der Waals surface area contributed by atoms with Crippen molar-refractivity contribution in [2.75, 3.05) is 6.54 Å². The molecule has 1 aliphatic rings. The van der Waals surface area contributed by atoms with Crippen molar-refractivity contribution in [3.8, 4) is 5.88 Å². The lowest BCUT2D eigenvalue weighted by Gasteiger charge is -2.27. The Morgan fingerprint density at radius 3 is 2.61 bits per heavy atom. The van der Waals surface area contributed by atoms with Gasteiger partial charge in [0.1, 0.15) is 18.2 Å². The van der Waals surface area contributed by atoms with Gasteiger partial charge < -0.3 is 9.64 Å². The number of benzene rings is 2. The van der Waals surface area contributed by atoms with Gasteiger partial charge in [-0.1, -0.05) is 12.1 Å². The molecule has 1 amide bonds. The molecular weight excluding hydrogens is 364 g/mol. The van der Waals surface area contributed by atoms with Gasteiger partial charge in [0.25, 0.3) is 5.91 Å². The predicted octanol–water partition coefficient (Wildman–Crippen LogP) is 3.70. The normalized spacial score (nSPS) is 13.3. The van der Waals surface area contributed by atoms with Gasteiger partial charge in [0.05, 0.1) is 18.8 Å². The van der Waals surface area contributed by atoms with Crippen LogP contribution in [0.5, 0.6) is 5.88 Å². The summed E-state index contributed by atoms with van der Waals surface area (Å²) in [5, 5.41) is 4.40. The quantitative estimate of drug-likeness (QED) is 0.690. The van der Waals surface area contributed by atoms with Crippen LogP contribution in [-0.2, 0) is 19.7 Å². The van der Waals surface area contributed by atoms with Gasteiger partial charge in [0.15, 0.2) is 0 Å². The number of rotatable bonds is 4. The van der Waals surface area contributed by atoms with Crippen LogP contribution in [0.1, 0.15) is 27.2 Å². The summed E-state index contributed by atoms with van der Waals surface area (Å²) in [6.07, 6.45) is 0. The van der Waals surface area contributed by atoms with E-state index in [0.717, 1.165) is 11.3 Å². The van der Waals surface area contributed by atoms with E-state index in [-0.39, 0.29) is 18.3 Å². The van der Waals surface area contributed by atoms with Crippen LogP contribution in [0.15, 0.2) is 48.5 Å². The van der Waals surface area contributed by atoms with Crippen LogP contribution in [0.3, 0.4) is 0 Å². The van der Waals surface area contributed by atoms with E-state index >= 15 is 0 Å². The highest BCUT2D eigenvalue weighted by Crippen LogP contribution is 2.21. The van der Waals surface area contributed by atoms with E-state index in [0.29, 0.717) is 36.6 Å². The first kappa shape index (κ1) is 18.2. The Labute approximate surface area is 161 Å². The third-order valence-electron chi connectivity index (χ3n) is 4.65. The number of hydrogen-bond acceptors (Lipinski definition) is 3. The minimum absolute atomic E-state index is 0.205. The van der Waals surface area contributed by atoms with Gasteiger partial charge in [-0.25, -0.2) is 8.78 Å². The highest BCUT2D eigenvalue weighted by molar-refractivity contribution is 5.94. The lowest BCUT2D eigenvalue weighted by molar-refractivity contribution is 0.0705. The Bertz CT molecular complexity index is 995. The number of fused-ring (bicyclic) bond motifs is 1. The lowest BCUT2D eigenvalue weighted by Crippen LogP contribution is -2.38. The predicted molar refractivity (Wildman–Crippen MR) is 98.8 cm³/mol. The van der Waals surface area contributed by atoms with Crippen molar-refractivity contribution in [3.05, 3.63) is 82.5 Å². The molecule has 0 spiro atoms. The second-order valence-corrected chi connectivity index (χ2v) is 6.86. The van der Waals surface area contributed by atoms with Crippen LogP contribution in [0.25, 0.3) is 0 Å². The Balaban J connectivity index is 1.44. The molecule has 0 fully saturated rings. The fourth-order valence-corrected chi connectivity index (χ4v) is 3.26. The van der Waals surface area contributed by atoms with Crippen molar-refractivity contribution in [1.82, 2.24) is 14.7 Å². The van der Waals surface area contributed by atoms with Gasteiger partial charge in [0.2, 0.25) is 5.88 Å². The number of carbonyl (C=O) groups excluding carboxylic acids is 1. The summed E-state index contributed by atoms with van der Waals surface area (Å²) >= 11 is 0. The Kier molecular flexibility index (Phi) is 4.81. The highest BCUT2D eigenvalue weighted by atomic mass is 19.1. The van der Waals surface area contributed by atoms with Crippen LogP contribution in [0, 0.1) is 18.6 Å². The average Bonchev–Trinajstić information content (AvgIpc) is 3.08. The molecule has 0 aliphatic carbocycles. The molecule has 0 radical (unpaired) electrons. The van der Waals surface area contributed by atoms with Gasteiger partial charge in [0, 0.05) is 18.2 Å². The molecule has 0 atom stereocenters. The van der Waals surface area contributed by atoms with E-state index < -0.39 is 5.82 Å². The SMILES string of the molecule is Cc1cc(F)cc(C(=O)N2CCn3nc(OCc4ccc(F)cc4)cc3C2)c1. The van der Waals surface area contributed by atoms with Crippen LogP contribution in [0.4, 0.5) is 8.78 Å². The first-order chi connectivity index (χ1) is 13.5. The highest BCUT2D eigenvalue weighted by Gasteiger charge is 2.24. The lowest BCUT2D eigenvalue weighted by atomic mass is 10.1. The molecule has 3 aromatic rings. The molecule has 4 rings (SSSR count). The molecule has 0 saturated carbocycles. The molecule has 1 aromatic heterocycles. The zero-order valence-corrected chi connectivity index (χ0v) is 15.4. The average molecular weight is 383 g/mol. The number of amides is 1. The fraction of sp³-hybridized carbons (Fsp3) is 0.238. The first-order valence-electron chi connectivity index (χ1n) is 8.98. The topological polar surface area (TPSA) is 47.4 Å². The maximum absolute atomic E-state index is 13.6. The van der Waals surface area contributed by atoms with E-state index in [2.05, 4.69) is 5.10 Å². The minimum atomic E-state index is -0.415. The first-order valence-corrected chi connectivity index (χ1v) is 8.98. The van der Waals surface area contributed by atoms with E-state index in [1.165, 1.54) is 24.3 Å². The zero-order valence-electron chi connectivity index (χ0n) is 15.4. The molecule has 0 saturated heterocycles. The molecule has 7 heteroatoms. The van der Waals surface area contributed by atoms with E-state index in [1.54, 1.807) is 40.8 Å². The monoisotopic (exact) mass is 383 g/mol. The third-order valence-corrected chi connectivity index (χ3v) is 4.65. The van der Waals surface area contributed by atoms with Crippen molar-refractivity contribution < 1.29 is 18.3 Å². The summed E-state index contributed by atoms with van der Waals surface area (Å²) in [7, 11) is 0. The second kappa shape index (κ2) is 7.42. The Morgan fingerprint density at radius 1 is 1.07 bits per heavy atom. The molecular formula is C21H19F2N3O2. The van der Waals surface area contributed by atoms with Gasteiger partial charge in [-0.3, -0.25) is 9.48 Å². The van der Waals surface area contributed by atoms with Crippen molar-refractivity contribution in [3.63, 3.8) is 0 Å². The summed E-state index contributed by atoms with van der Waals surface area (Å²) in [4.78, 5) is 14.4. The molecule has 144 valence electrons. The molecule has 2 heterocycles. The largest absolute Gasteiger partial charge is 0.472 e. The number of nitrogens with zero attached hydrogens (tertiary/aromatic N) is 3. The molecule has 1 aliphatic heterocycles. The fourth-order valence-electron chi connectivity index (χ4n) is 3.26. The van der Waals surface area contributed by atoms with Crippen molar-refractivity contribution in [1.29, 1.82) is 0 Å². The van der Waals surface area contributed by atoms with Crippen molar-refractivity contribution in [2.24, 2.45) is 0 Å². The third kappa shape index (κ3) is 3.88. The number of halogens is 2. The van der Waals surface area contributed by atoms with Crippen LogP contribution in [0.2, 0.25) is 0 Å². The maximum atomic E-state index is 13.6. The summed E-state index contributed by atoms with van der Waals surface area (Å²) in [5.41, 5.74) is 2.74. The van der Waals surface area contributed by atoms with Crippen LogP contribution < -0.4 is 4.74 Å². The number of ether oxygens (including phenoxy) is 1. The molecule has 28 heavy (non-hydrogen) atoms. The number of aromatic nitrogens is 2. The van der Waals surface area contributed by atoms with E-state index in [4.69, 9.17) is 4.74 Å². The smallest absolute Gasteiger partial charge is 0.254 e. The van der Waals surface area contributed by atoms with E-state index in [1.807, 2.05) is 0 Å². The van der Waals surface area contributed by atoms with Gasteiger partial charge in [-0.2, -0.15) is 0 Å². The van der Waals surface area contributed by atoms with Gasteiger partial charge in [-0.05, 0) is 48.4 Å². The van der Waals surface area contributed by atoms with Crippen molar-refractivity contribution >= 4 is 5.91 Å². The Hall–Kier alpha value is -3.22. The minimum Gasteiger partial charge on any atom is -0.472 e.